The Bertz CT molecular complexity index is 1630. The standard InChI is InChI=1S/C45H74N6O12/c1-12-29(6)40(49(9)44(59)39(28(4)5)48-43(58)38(46-8)27(2)3)34(61-10)24-35(52)51-20-16-19-33(51)41(62-11)30(7)42(57)47-32(23-31-17-14-13-15-18-31)45(60)63-22-21-50(25-36(53)54)26-37(55)56/h13-15,17-18,27-30,32-34,38-41,46H,12,16,19-26H2,1-11H3,(H,47,57)(H,48,58)(H,53,54)(H,55,56)/t29-,30+,32?,33-,34+,38-,39-,40?,41+/m0/s1. The lowest BCUT2D eigenvalue weighted by Gasteiger charge is -2.41. The van der Waals surface area contributed by atoms with E-state index in [-0.39, 0.29) is 61.5 Å². The summed E-state index contributed by atoms with van der Waals surface area (Å²) >= 11 is 0. The molecular weight excluding hydrogens is 817 g/mol. The van der Waals surface area contributed by atoms with Crippen molar-refractivity contribution < 1.29 is 58.0 Å². The molecule has 356 valence electrons. The lowest BCUT2D eigenvalue weighted by Crippen LogP contribution is -2.59. The second-order valence-corrected chi connectivity index (χ2v) is 17.2. The van der Waals surface area contributed by atoms with Crippen molar-refractivity contribution in [3.63, 3.8) is 0 Å². The Hall–Kier alpha value is -4.65. The van der Waals surface area contributed by atoms with E-state index >= 15 is 0 Å². The van der Waals surface area contributed by atoms with Gasteiger partial charge in [-0.05, 0) is 43.2 Å². The fourth-order valence-electron chi connectivity index (χ4n) is 8.37. The number of carbonyl (C=O) groups is 7. The number of nitrogens with one attached hydrogen (secondary N) is 3. The topological polar surface area (TPSA) is 233 Å². The Balaban J connectivity index is 2.29. The van der Waals surface area contributed by atoms with E-state index in [1.165, 1.54) is 14.2 Å². The molecule has 4 amide bonds. The van der Waals surface area contributed by atoms with Gasteiger partial charge in [-0.1, -0.05) is 85.2 Å². The van der Waals surface area contributed by atoms with Gasteiger partial charge in [0.15, 0.2) is 0 Å². The molecule has 9 atom stereocenters. The normalized spacial score (nSPS) is 17.9. The molecule has 18 nitrogen and oxygen atoms in total. The number of carboxylic acids is 2. The number of nitrogens with zero attached hydrogens (tertiary/aromatic N) is 3. The first-order chi connectivity index (χ1) is 29.7. The molecule has 0 radical (unpaired) electrons. The Morgan fingerprint density at radius 3 is 1.97 bits per heavy atom. The SMILES string of the molecule is CC[C@H](C)C([C@@H](CC(=O)N1CCC[C@H]1[C@H](OC)[C@@H](C)C(=O)NC(Cc1ccccc1)C(=O)OCCN(CC(=O)O)CC(=O)O)OC)N(C)C(=O)[C@@H](NC(=O)[C@@H](NC)C(C)C)C(C)C. The summed E-state index contributed by atoms with van der Waals surface area (Å²) in [6.07, 6.45) is 0.406. The molecule has 0 saturated carbocycles. The Kier molecular flexibility index (Phi) is 23.2. The number of esters is 1. The van der Waals surface area contributed by atoms with Crippen molar-refractivity contribution in [2.75, 3.05) is 61.1 Å². The predicted octanol–water partition coefficient (Wildman–Crippen LogP) is 2.03. The van der Waals surface area contributed by atoms with E-state index in [1.807, 2.05) is 47.6 Å². The molecule has 5 N–H and O–H groups in total. The summed E-state index contributed by atoms with van der Waals surface area (Å²) in [5, 5.41) is 27.1. The van der Waals surface area contributed by atoms with Crippen molar-refractivity contribution in [1.82, 2.24) is 30.7 Å². The van der Waals surface area contributed by atoms with Crippen molar-refractivity contribution in [3.8, 4) is 0 Å². The average Bonchev–Trinajstić information content (AvgIpc) is 3.71. The highest BCUT2D eigenvalue weighted by atomic mass is 16.5. The molecule has 63 heavy (non-hydrogen) atoms. The largest absolute Gasteiger partial charge is 0.480 e. The number of methoxy groups -OCH3 is 2. The van der Waals surface area contributed by atoms with Gasteiger partial charge in [-0.2, -0.15) is 0 Å². The average molecular weight is 891 g/mol. The van der Waals surface area contributed by atoms with Crippen LogP contribution in [-0.4, -0.2) is 170 Å². The number of amides is 4. The van der Waals surface area contributed by atoms with E-state index in [1.54, 1.807) is 55.1 Å². The second-order valence-electron chi connectivity index (χ2n) is 17.2. The molecule has 0 spiro atoms. The number of benzene rings is 1. The quantitative estimate of drug-likeness (QED) is 0.0759. The second kappa shape index (κ2) is 26.9. The van der Waals surface area contributed by atoms with E-state index in [9.17, 15) is 43.8 Å². The predicted molar refractivity (Wildman–Crippen MR) is 235 cm³/mol. The Morgan fingerprint density at radius 1 is 0.857 bits per heavy atom. The summed E-state index contributed by atoms with van der Waals surface area (Å²) in [4.78, 5) is 96.2. The number of likely N-dealkylation sites (N-methyl/N-ethyl adjacent to an activating group) is 2. The number of carbonyl (C=O) groups excluding carboxylic acids is 5. The number of carboxylic acid groups (broad SMARTS) is 2. The van der Waals surface area contributed by atoms with Gasteiger partial charge in [0.2, 0.25) is 23.6 Å². The van der Waals surface area contributed by atoms with Gasteiger partial charge in [-0.15, -0.1) is 0 Å². The highest BCUT2D eigenvalue weighted by Gasteiger charge is 2.43. The molecule has 1 aliphatic heterocycles. The van der Waals surface area contributed by atoms with E-state index in [0.717, 1.165) is 10.5 Å². The van der Waals surface area contributed by atoms with Crippen LogP contribution in [0.15, 0.2) is 30.3 Å². The lowest BCUT2D eigenvalue weighted by molar-refractivity contribution is -0.150. The van der Waals surface area contributed by atoms with Crippen molar-refractivity contribution in [2.24, 2.45) is 23.7 Å². The van der Waals surface area contributed by atoms with Gasteiger partial charge in [0.25, 0.3) is 0 Å². The van der Waals surface area contributed by atoms with Crippen LogP contribution in [0.25, 0.3) is 0 Å². The molecule has 1 aromatic carbocycles. The maximum absolute atomic E-state index is 14.3. The number of aliphatic carboxylic acids is 2. The fraction of sp³-hybridized carbons (Fsp3) is 0.711. The van der Waals surface area contributed by atoms with Gasteiger partial charge in [0, 0.05) is 40.8 Å². The molecule has 0 bridgehead atoms. The van der Waals surface area contributed by atoms with Crippen molar-refractivity contribution >= 4 is 41.5 Å². The minimum atomic E-state index is -1.24. The molecule has 18 heteroatoms. The summed E-state index contributed by atoms with van der Waals surface area (Å²) in [6, 6.07) is 5.47. The molecule has 1 aromatic rings. The van der Waals surface area contributed by atoms with Gasteiger partial charge in [-0.25, -0.2) is 4.79 Å². The van der Waals surface area contributed by atoms with E-state index < -0.39 is 85.2 Å². The summed E-state index contributed by atoms with van der Waals surface area (Å²) in [7, 11) is 6.37. The van der Waals surface area contributed by atoms with Crippen LogP contribution in [0.3, 0.4) is 0 Å². The molecule has 1 aliphatic rings. The first-order valence-corrected chi connectivity index (χ1v) is 22.0. The van der Waals surface area contributed by atoms with Crippen LogP contribution in [0.5, 0.6) is 0 Å². The summed E-state index contributed by atoms with van der Waals surface area (Å²) < 4.78 is 17.4. The van der Waals surface area contributed by atoms with Crippen LogP contribution in [0, 0.1) is 23.7 Å². The van der Waals surface area contributed by atoms with Crippen LogP contribution >= 0.6 is 0 Å². The fourth-order valence-corrected chi connectivity index (χ4v) is 8.37. The van der Waals surface area contributed by atoms with E-state index in [0.29, 0.717) is 25.8 Å². The third kappa shape index (κ3) is 16.4. The molecule has 1 heterocycles. The Morgan fingerprint density at radius 2 is 1.46 bits per heavy atom. The van der Waals surface area contributed by atoms with Crippen molar-refractivity contribution in [3.05, 3.63) is 35.9 Å². The minimum absolute atomic E-state index is 0.00649. The zero-order chi connectivity index (χ0) is 47.6. The van der Waals surface area contributed by atoms with E-state index in [2.05, 4.69) is 16.0 Å². The smallest absolute Gasteiger partial charge is 0.329 e. The van der Waals surface area contributed by atoms with Crippen LogP contribution < -0.4 is 16.0 Å². The highest BCUT2D eigenvalue weighted by molar-refractivity contribution is 5.90. The van der Waals surface area contributed by atoms with Crippen molar-refractivity contribution in [2.45, 2.75) is 123 Å². The van der Waals surface area contributed by atoms with Crippen LogP contribution in [-0.2, 0) is 54.2 Å². The molecule has 0 aromatic heterocycles. The first-order valence-electron chi connectivity index (χ1n) is 22.0. The van der Waals surface area contributed by atoms with Gasteiger partial charge < -0.3 is 50.2 Å². The van der Waals surface area contributed by atoms with Crippen molar-refractivity contribution in [1.29, 1.82) is 0 Å². The summed E-state index contributed by atoms with van der Waals surface area (Å²) in [5.74, 6) is -5.76. The van der Waals surface area contributed by atoms with Gasteiger partial charge >= 0.3 is 17.9 Å². The number of hydrogen-bond donors (Lipinski definition) is 5. The van der Waals surface area contributed by atoms with Crippen LogP contribution in [0.4, 0.5) is 0 Å². The van der Waals surface area contributed by atoms with Gasteiger partial charge in [-0.3, -0.25) is 33.7 Å². The molecule has 2 rings (SSSR count). The first kappa shape index (κ1) is 54.5. The van der Waals surface area contributed by atoms with Gasteiger partial charge in [0.05, 0.1) is 55.8 Å². The van der Waals surface area contributed by atoms with Crippen LogP contribution in [0.1, 0.15) is 79.7 Å². The summed E-state index contributed by atoms with van der Waals surface area (Å²) in [6.45, 7) is 12.1. The van der Waals surface area contributed by atoms with Gasteiger partial charge in [0.1, 0.15) is 18.7 Å². The number of rotatable bonds is 28. The maximum Gasteiger partial charge on any atom is 0.329 e. The monoisotopic (exact) mass is 891 g/mol. The molecule has 2 unspecified atom stereocenters. The summed E-state index contributed by atoms with van der Waals surface area (Å²) in [5.41, 5.74) is 0.732. The molecular formula is C45H74N6O12. The number of ether oxygens (including phenoxy) is 3. The number of hydrogen-bond acceptors (Lipinski definition) is 12. The zero-order valence-electron chi connectivity index (χ0n) is 39.1. The number of likely N-dealkylation sites (tertiary alicyclic amines) is 1. The maximum atomic E-state index is 14.3. The van der Waals surface area contributed by atoms with E-state index in [4.69, 9.17) is 14.2 Å². The third-order valence-corrected chi connectivity index (χ3v) is 12.0. The molecule has 0 aliphatic carbocycles. The highest BCUT2D eigenvalue weighted by Crippen LogP contribution is 2.30. The molecule has 1 fully saturated rings. The van der Waals surface area contributed by atoms with Crippen LogP contribution in [0.2, 0.25) is 0 Å². The minimum Gasteiger partial charge on any atom is -0.480 e. The zero-order valence-corrected chi connectivity index (χ0v) is 39.1. The molecule has 1 saturated heterocycles. The third-order valence-electron chi connectivity index (χ3n) is 12.0. The lowest BCUT2D eigenvalue weighted by atomic mass is 9.89. The Labute approximate surface area is 373 Å².